The van der Waals surface area contributed by atoms with E-state index in [1.165, 1.54) is 0 Å². The summed E-state index contributed by atoms with van der Waals surface area (Å²) in [5.74, 6) is 0.173. The number of amides is 3. The van der Waals surface area contributed by atoms with Crippen LogP contribution in [-0.4, -0.2) is 76.5 Å². The first-order valence-electron chi connectivity index (χ1n) is 14.8. The van der Waals surface area contributed by atoms with Crippen molar-refractivity contribution in [2.75, 3.05) is 26.2 Å². The van der Waals surface area contributed by atoms with Crippen molar-refractivity contribution in [1.29, 1.82) is 0 Å². The van der Waals surface area contributed by atoms with Gasteiger partial charge < -0.3 is 19.6 Å². The van der Waals surface area contributed by atoms with Gasteiger partial charge in [-0.1, -0.05) is 38.1 Å². The number of rotatable bonds is 7. The Labute approximate surface area is 248 Å². The number of alkyl carbamates (subject to hydrolysis) is 1. The Morgan fingerprint density at radius 3 is 2.31 bits per heavy atom. The maximum absolute atomic E-state index is 13.6. The molecule has 9 nitrogen and oxygen atoms in total. The second-order valence-corrected chi connectivity index (χ2v) is 11.9. The molecule has 2 aliphatic heterocycles. The highest BCUT2D eigenvalue weighted by Crippen LogP contribution is 2.33. The molecule has 2 heterocycles. The van der Waals surface area contributed by atoms with Crippen molar-refractivity contribution < 1.29 is 24.2 Å². The Bertz CT molecular complexity index is 1370. The normalized spacial score (nSPS) is 16.6. The fraction of sp³-hybridized carbons (Fsp3) is 0.455. The van der Waals surface area contributed by atoms with E-state index in [4.69, 9.17) is 9.73 Å². The molecule has 9 heteroatoms. The van der Waals surface area contributed by atoms with Crippen molar-refractivity contribution in [3.05, 3.63) is 59.2 Å². The Kier molecular flexibility index (Phi) is 9.83. The molecule has 1 saturated heterocycles. The lowest BCUT2D eigenvalue weighted by molar-refractivity contribution is -0.127. The van der Waals surface area contributed by atoms with Crippen LogP contribution in [0.2, 0.25) is 0 Å². The summed E-state index contributed by atoms with van der Waals surface area (Å²) in [5.41, 5.74) is 3.60. The second-order valence-electron chi connectivity index (χ2n) is 11.9. The largest absolute Gasteiger partial charge is 0.444 e. The molecule has 0 unspecified atom stereocenters. The SMILES string of the molecule is CCCN(CCC)C(=O)C1=Cc2ccc(-c3ccc(C(=O)N4CC[C@@H](O)C4)cc3)cc2N=C(NC(=O)OC(C)(C)C)C1. The summed E-state index contributed by atoms with van der Waals surface area (Å²) in [5, 5.41) is 12.6. The predicted octanol–water partition coefficient (Wildman–Crippen LogP) is 5.55. The molecule has 42 heavy (non-hydrogen) atoms. The molecule has 0 radical (unpaired) electrons. The number of hydrogen-bond acceptors (Lipinski definition) is 6. The molecule has 0 spiro atoms. The first kappa shape index (κ1) is 31.0. The van der Waals surface area contributed by atoms with Crippen LogP contribution in [0.4, 0.5) is 10.5 Å². The highest BCUT2D eigenvalue weighted by atomic mass is 16.6. The number of nitrogens with one attached hydrogen (secondary N) is 1. The zero-order valence-corrected chi connectivity index (χ0v) is 25.3. The molecule has 0 aliphatic carbocycles. The van der Waals surface area contributed by atoms with Crippen LogP contribution in [0.1, 0.15) is 76.2 Å². The highest BCUT2D eigenvalue weighted by molar-refractivity contribution is 6.08. The molecule has 4 rings (SSSR count). The number of nitrogens with zero attached hydrogens (tertiary/aromatic N) is 3. The molecule has 0 saturated carbocycles. The van der Waals surface area contributed by atoms with Crippen LogP contribution in [0.5, 0.6) is 0 Å². The maximum atomic E-state index is 13.6. The number of ether oxygens (including phenoxy) is 1. The monoisotopic (exact) mass is 574 g/mol. The lowest BCUT2D eigenvalue weighted by Gasteiger charge is -2.23. The van der Waals surface area contributed by atoms with Crippen molar-refractivity contribution in [3.8, 4) is 11.1 Å². The van der Waals surface area contributed by atoms with Gasteiger partial charge in [0.25, 0.3) is 5.91 Å². The van der Waals surface area contributed by atoms with E-state index in [-0.39, 0.29) is 18.2 Å². The molecule has 1 atom stereocenters. The van der Waals surface area contributed by atoms with Gasteiger partial charge in [0.15, 0.2) is 0 Å². The third kappa shape index (κ3) is 7.85. The van der Waals surface area contributed by atoms with Crippen LogP contribution >= 0.6 is 0 Å². The zero-order valence-electron chi connectivity index (χ0n) is 25.3. The maximum Gasteiger partial charge on any atom is 0.413 e. The molecular weight excluding hydrogens is 532 g/mol. The fourth-order valence-corrected chi connectivity index (χ4v) is 5.15. The van der Waals surface area contributed by atoms with E-state index in [0.29, 0.717) is 55.3 Å². The van der Waals surface area contributed by atoms with Crippen molar-refractivity contribution in [2.45, 2.75) is 72.0 Å². The summed E-state index contributed by atoms with van der Waals surface area (Å²) in [6, 6.07) is 13.2. The molecule has 2 aliphatic rings. The third-order valence-electron chi connectivity index (χ3n) is 7.08. The van der Waals surface area contributed by atoms with Crippen molar-refractivity contribution in [2.24, 2.45) is 4.99 Å². The lowest BCUT2D eigenvalue weighted by atomic mass is 9.99. The van der Waals surface area contributed by atoms with E-state index in [0.717, 1.165) is 29.5 Å². The number of aliphatic hydroxyl groups excluding tert-OH is 1. The number of likely N-dealkylation sites (tertiary alicyclic amines) is 1. The standard InChI is InChI=1S/C33H42N4O5/c1-6-15-36(16-7-2)31(40)26-18-25-13-12-24(19-28(25)34-29(20-26)35-32(41)42-33(3,4)5)22-8-10-23(11-9-22)30(39)37-17-14-27(38)21-37/h8-13,18-19,27,38H,6-7,14-17,20-21H2,1-5H3,(H,34,35,41)/t27-/m1/s1. The molecule has 0 aromatic heterocycles. The zero-order chi connectivity index (χ0) is 30.4. The Hall–Kier alpha value is -3.98. The van der Waals surface area contributed by atoms with E-state index >= 15 is 0 Å². The van der Waals surface area contributed by atoms with Gasteiger partial charge in [0.1, 0.15) is 11.4 Å². The molecule has 2 N–H and O–H groups in total. The first-order chi connectivity index (χ1) is 20.0. The van der Waals surface area contributed by atoms with Gasteiger partial charge in [-0.05, 0) is 75.4 Å². The first-order valence-corrected chi connectivity index (χ1v) is 14.8. The summed E-state index contributed by atoms with van der Waals surface area (Å²) < 4.78 is 5.47. The number of fused-ring (bicyclic) bond motifs is 1. The Morgan fingerprint density at radius 2 is 1.71 bits per heavy atom. The van der Waals surface area contributed by atoms with E-state index in [2.05, 4.69) is 5.32 Å². The molecule has 1 fully saturated rings. The summed E-state index contributed by atoms with van der Waals surface area (Å²) >= 11 is 0. The van der Waals surface area contributed by atoms with Crippen molar-refractivity contribution in [1.82, 2.24) is 15.1 Å². The minimum atomic E-state index is -0.684. The lowest BCUT2D eigenvalue weighted by Crippen LogP contribution is -2.38. The average molecular weight is 575 g/mol. The smallest absolute Gasteiger partial charge is 0.413 e. The quantitative estimate of drug-likeness (QED) is 0.450. The summed E-state index contributed by atoms with van der Waals surface area (Å²) in [6.07, 6.45) is 3.22. The number of amidine groups is 1. The van der Waals surface area contributed by atoms with Gasteiger partial charge in [-0.2, -0.15) is 0 Å². The number of aliphatic hydroxyl groups is 1. The highest BCUT2D eigenvalue weighted by Gasteiger charge is 2.26. The summed E-state index contributed by atoms with van der Waals surface area (Å²) in [7, 11) is 0. The molecule has 2 aromatic carbocycles. The second kappa shape index (κ2) is 13.3. The number of β-amino-alcohol motifs (C(OH)–C–C–N with tert-alkyl or cyclic N) is 1. The van der Waals surface area contributed by atoms with Gasteiger partial charge in [0.2, 0.25) is 5.91 Å². The fourth-order valence-electron chi connectivity index (χ4n) is 5.15. The molecule has 224 valence electrons. The van der Waals surface area contributed by atoms with Crippen LogP contribution in [0.25, 0.3) is 17.2 Å². The van der Waals surface area contributed by atoms with E-state index in [1.54, 1.807) is 37.8 Å². The average Bonchev–Trinajstić information content (AvgIpc) is 3.29. The van der Waals surface area contributed by atoms with Gasteiger partial charge in [-0.3, -0.25) is 14.9 Å². The molecule has 0 bridgehead atoms. The minimum absolute atomic E-state index is 0.0694. The van der Waals surface area contributed by atoms with Gasteiger partial charge in [0, 0.05) is 49.3 Å². The minimum Gasteiger partial charge on any atom is -0.444 e. The van der Waals surface area contributed by atoms with Crippen LogP contribution in [0.15, 0.2) is 53.0 Å². The number of carbonyl (C=O) groups is 3. The number of hydrogen-bond donors (Lipinski definition) is 2. The third-order valence-corrected chi connectivity index (χ3v) is 7.08. The van der Waals surface area contributed by atoms with Crippen molar-refractivity contribution in [3.63, 3.8) is 0 Å². The molecule has 2 aromatic rings. The van der Waals surface area contributed by atoms with E-state index < -0.39 is 17.8 Å². The van der Waals surface area contributed by atoms with Gasteiger partial charge in [-0.25, -0.2) is 9.79 Å². The molecule has 3 amide bonds. The van der Waals surface area contributed by atoms with Crippen LogP contribution < -0.4 is 5.32 Å². The van der Waals surface area contributed by atoms with E-state index in [9.17, 15) is 19.5 Å². The van der Waals surface area contributed by atoms with E-state index in [1.807, 2.05) is 55.2 Å². The molecular formula is C33H42N4O5. The summed E-state index contributed by atoms with van der Waals surface area (Å²) in [6.45, 7) is 11.7. The van der Waals surface area contributed by atoms with Crippen LogP contribution in [0.3, 0.4) is 0 Å². The predicted molar refractivity (Wildman–Crippen MR) is 165 cm³/mol. The van der Waals surface area contributed by atoms with Gasteiger partial charge in [-0.15, -0.1) is 0 Å². The topological polar surface area (TPSA) is 112 Å². The Morgan fingerprint density at radius 1 is 1.05 bits per heavy atom. The summed E-state index contributed by atoms with van der Waals surface area (Å²) in [4.78, 5) is 47.4. The van der Waals surface area contributed by atoms with Gasteiger partial charge >= 0.3 is 6.09 Å². The van der Waals surface area contributed by atoms with Crippen LogP contribution in [-0.2, 0) is 9.53 Å². The van der Waals surface area contributed by atoms with Gasteiger partial charge in [0.05, 0.1) is 11.8 Å². The number of benzene rings is 2. The van der Waals surface area contributed by atoms with Crippen LogP contribution in [0, 0.1) is 0 Å². The van der Waals surface area contributed by atoms with Crippen molar-refractivity contribution >= 4 is 35.5 Å². The number of carbonyl (C=O) groups excluding carboxylic acids is 3. The Balaban J connectivity index is 1.65. The number of aliphatic imine (C=N–C) groups is 1.